The molecule has 0 unspecified atom stereocenters. The van der Waals surface area contributed by atoms with E-state index >= 15 is 0 Å². The molecule has 0 saturated carbocycles. The van der Waals surface area contributed by atoms with Gasteiger partial charge in [0.1, 0.15) is 0 Å². The smallest absolute Gasteiger partial charge is 0.0990 e. The maximum Gasteiger partial charge on any atom is 0.0990 e. The summed E-state index contributed by atoms with van der Waals surface area (Å²) in [5.41, 5.74) is 0. The molecular formula is C11H21ClN+. The number of hydrogen-bond acceptors (Lipinski definition) is 0. The Hall–Kier alpha value is -0.270. The first-order valence-electron chi connectivity index (χ1n) is 4.88. The monoisotopic (exact) mass is 202 g/mol. The fourth-order valence-corrected chi connectivity index (χ4v) is 1.48. The topological polar surface area (TPSA) is 0 Å². The largest absolute Gasteiger partial charge is 0.318 e. The molecule has 0 heterocycles. The second-order valence-corrected chi connectivity index (χ2v) is 4.01. The van der Waals surface area contributed by atoms with Crippen LogP contribution in [0.5, 0.6) is 0 Å². The molecule has 0 aromatic heterocycles. The number of nitrogens with zero attached hydrogens (tertiary/aromatic N) is 1. The third kappa shape index (κ3) is 4.49. The SMILES string of the molecule is C=CC[N+](CC)(CC)C/C=C(\C)Cl. The maximum absolute atomic E-state index is 5.82. The van der Waals surface area contributed by atoms with Gasteiger partial charge in [-0.05, 0) is 32.9 Å². The van der Waals surface area contributed by atoms with Gasteiger partial charge in [0.15, 0.2) is 0 Å². The Morgan fingerprint density at radius 1 is 1.31 bits per heavy atom. The van der Waals surface area contributed by atoms with Gasteiger partial charge in [-0.25, -0.2) is 0 Å². The van der Waals surface area contributed by atoms with Crippen LogP contribution < -0.4 is 0 Å². The molecule has 2 heteroatoms. The van der Waals surface area contributed by atoms with Gasteiger partial charge in [0.25, 0.3) is 0 Å². The molecule has 0 saturated heterocycles. The molecule has 0 N–H and O–H groups in total. The van der Waals surface area contributed by atoms with E-state index < -0.39 is 0 Å². The molecule has 0 amide bonds. The highest BCUT2D eigenvalue weighted by atomic mass is 35.5. The molecule has 0 rings (SSSR count). The maximum atomic E-state index is 5.82. The zero-order chi connectivity index (χ0) is 10.3. The molecule has 0 fully saturated rings. The van der Waals surface area contributed by atoms with Crippen LogP contribution in [0.1, 0.15) is 20.8 Å². The summed E-state index contributed by atoms with van der Waals surface area (Å²) in [5.74, 6) is 0. The summed E-state index contributed by atoms with van der Waals surface area (Å²) < 4.78 is 1.05. The van der Waals surface area contributed by atoms with E-state index in [1.165, 1.54) is 0 Å². The van der Waals surface area contributed by atoms with Gasteiger partial charge in [-0.1, -0.05) is 18.2 Å². The van der Waals surface area contributed by atoms with Crippen molar-refractivity contribution >= 4 is 11.6 Å². The zero-order valence-corrected chi connectivity index (χ0v) is 9.77. The van der Waals surface area contributed by atoms with Crippen molar-refractivity contribution in [1.82, 2.24) is 0 Å². The van der Waals surface area contributed by atoms with E-state index in [0.717, 1.165) is 35.7 Å². The van der Waals surface area contributed by atoms with Crippen LogP contribution >= 0.6 is 11.6 Å². The molecule has 0 aliphatic carbocycles. The predicted octanol–water partition coefficient (Wildman–Crippen LogP) is 3.17. The van der Waals surface area contributed by atoms with Crippen molar-refractivity contribution in [2.45, 2.75) is 20.8 Å². The van der Waals surface area contributed by atoms with Crippen LogP contribution in [-0.2, 0) is 0 Å². The standard InChI is InChI=1S/C11H21ClN/c1-5-9-13(6-2,7-3)10-8-11(4)12/h5,8H,1,6-7,9-10H2,2-4H3/q+1/b11-8+. The van der Waals surface area contributed by atoms with Gasteiger partial charge < -0.3 is 4.48 Å². The summed E-state index contributed by atoms with van der Waals surface area (Å²) in [7, 11) is 0. The molecule has 13 heavy (non-hydrogen) atoms. The fraction of sp³-hybridized carbons (Fsp3) is 0.636. The first kappa shape index (κ1) is 12.7. The summed E-state index contributed by atoms with van der Waals surface area (Å²) in [5, 5.41) is 0.883. The lowest BCUT2D eigenvalue weighted by atomic mass is 10.3. The molecule has 0 aliphatic heterocycles. The molecule has 0 spiro atoms. The molecule has 0 bridgehead atoms. The minimum atomic E-state index is 0.883. The van der Waals surface area contributed by atoms with Crippen LogP contribution in [0.4, 0.5) is 0 Å². The number of hydrogen-bond donors (Lipinski definition) is 0. The van der Waals surface area contributed by atoms with Crippen LogP contribution in [0.2, 0.25) is 0 Å². The fourth-order valence-electron chi connectivity index (χ4n) is 1.41. The van der Waals surface area contributed by atoms with E-state index in [2.05, 4.69) is 26.5 Å². The second kappa shape index (κ2) is 6.22. The zero-order valence-electron chi connectivity index (χ0n) is 9.02. The van der Waals surface area contributed by atoms with Crippen molar-refractivity contribution < 1.29 is 4.48 Å². The highest BCUT2D eigenvalue weighted by Crippen LogP contribution is 2.09. The number of quaternary nitrogens is 1. The Labute approximate surface area is 87.3 Å². The first-order chi connectivity index (χ1) is 6.10. The molecule has 0 atom stereocenters. The highest BCUT2D eigenvalue weighted by molar-refractivity contribution is 6.29. The van der Waals surface area contributed by atoms with Crippen LogP contribution in [0.25, 0.3) is 0 Å². The summed E-state index contributed by atoms with van der Waals surface area (Å²) in [4.78, 5) is 0. The van der Waals surface area contributed by atoms with Gasteiger partial charge in [-0.3, -0.25) is 0 Å². The van der Waals surface area contributed by atoms with Crippen molar-refractivity contribution in [2.24, 2.45) is 0 Å². The summed E-state index contributed by atoms with van der Waals surface area (Å²) >= 11 is 5.82. The van der Waals surface area contributed by atoms with Crippen LogP contribution in [0.3, 0.4) is 0 Å². The molecule has 0 aliphatic rings. The summed E-state index contributed by atoms with van der Waals surface area (Å²) in [6.45, 7) is 14.4. The Morgan fingerprint density at radius 2 is 1.85 bits per heavy atom. The van der Waals surface area contributed by atoms with Gasteiger partial charge in [-0.2, -0.15) is 0 Å². The lowest BCUT2D eigenvalue weighted by molar-refractivity contribution is -0.914. The molecule has 0 aromatic carbocycles. The minimum Gasteiger partial charge on any atom is -0.318 e. The number of allylic oxidation sites excluding steroid dienone is 1. The van der Waals surface area contributed by atoms with Gasteiger partial charge >= 0.3 is 0 Å². The Kier molecular flexibility index (Phi) is 6.10. The second-order valence-electron chi connectivity index (χ2n) is 3.42. The lowest BCUT2D eigenvalue weighted by Gasteiger charge is -2.34. The normalized spacial score (nSPS) is 13.1. The summed E-state index contributed by atoms with van der Waals surface area (Å²) in [6.07, 6.45) is 4.09. The van der Waals surface area contributed by atoms with E-state index in [1.807, 2.05) is 13.0 Å². The average Bonchev–Trinajstić information content (AvgIpc) is 2.12. The quantitative estimate of drug-likeness (QED) is 0.459. The molecule has 0 aromatic rings. The minimum absolute atomic E-state index is 0.883. The number of rotatable bonds is 6. The van der Waals surface area contributed by atoms with E-state index in [-0.39, 0.29) is 0 Å². The van der Waals surface area contributed by atoms with Crippen molar-refractivity contribution in [2.75, 3.05) is 26.2 Å². The lowest BCUT2D eigenvalue weighted by Crippen LogP contribution is -2.47. The average molecular weight is 203 g/mol. The summed E-state index contributed by atoms with van der Waals surface area (Å²) in [6, 6.07) is 0. The molecule has 1 nitrogen and oxygen atoms in total. The third-order valence-electron chi connectivity index (χ3n) is 2.62. The first-order valence-corrected chi connectivity index (χ1v) is 5.26. The number of halogens is 1. The molecule has 76 valence electrons. The van der Waals surface area contributed by atoms with Crippen molar-refractivity contribution in [1.29, 1.82) is 0 Å². The van der Waals surface area contributed by atoms with Gasteiger partial charge in [0.2, 0.25) is 0 Å². The Bertz CT molecular complexity index is 177. The Morgan fingerprint density at radius 3 is 2.15 bits per heavy atom. The van der Waals surface area contributed by atoms with Crippen LogP contribution in [0.15, 0.2) is 23.8 Å². The number of likely N-dealkylation sites (N-methyl/N-ethyl adjacent to an activating group) is 1. The molecular weight excluding hydrogens is 182 g/mol. The predicted molar refractivity (Wildman–Crippen MR) is 60.9 cm³/mol. The van der Waals surface area contributed by atoms with Gasteiger partial charge in [-0.15, -0.1) is 0 Å². The van der Waals surface area contributed by atoms with E-state index in [0.29, 0.717) is 0 Å². The van der Waals surface area contributed by atoms with E-state index in [1.54, 1.807) is 0 Å². The van der Waals surface area contributed by atoms with Gasteiger partial charge in [0, 0.05) is 5.03 Å². The van der Waals surface area contributed by atoms with Crippen LogP contribution in [-0.4, -0.2) is 30.7 Å². The van der Waals surface area contributed by atoms with Crippen molar-refractivity contribution in [3.63, 3.8) is 0 Å². The molecule has 0 radical (unpaired) electrons. The third-order valence-corrected chi connectivity index (χ3v) is 2.77. The van der Waals surface area contributed by atoms with Gasteiger partial charge in [0.05, 0.1) is 26.2 Å². The van der Waals surface area contributed by atoms with Crippen molar-refractivity contribution in [3.05, 3.63) is 23.8 Å². The van der Waals surface area contributed by atoms with Crippen molar-refractivity contribution in [3.8, 4) is 0 Å². The van der Waals surface area contributed by atoms with E-state index in [4.69, 9.17) is 11.6 Å². The Balaban J connectivity index is 4.37. The van der Waals surface area contributed by atoms with E-state index in [9.17, 15) is 0 Å². The highest BCUT2D eigenvalue weighted by Gasteiger charge is 2.19. The van der Waals surface area contributed by atoms with Crippen LogP contribution in [0, 0.1) is 0 Å².